The Bertz CT molecular complexity index is 316. The summed E-state index contributed by atoms with van der Waals surface area (Å²) in [5.41, 5.74) is 0. The Morgan fingerprint density at radius 3 is 1.53 bits per heavy atom. The molecule has 0 aliphatic rings. The van der Waals surface area contributed by atoms with Crippen LogP contribution >= 0.6 is 0 Å². The summed E-state index contributed by atoms with van der Waals surface area (Å²) >= 11 is 0. The van der Waals surface area contributed by atoms with Crippen molar-refractivity contribution in [1.82, 2.24) is 0 Å². The van der Waals surface area contributed by atoms with Crippen molar-refractivity contribution in [3.8, 4) is 5.75 Å². The monoisotopic (exact) mass is 244 g/mol. The van der Waals surface area contributed by atoms with E-state index in [9.17, 15) is 4.79 Å². The molecule has 6 heteroatoms. The van der Waals surface area contributed by atoms with Gasteiger partial charge in [-0.25, -0.2) is 4.79 Å². The summed E-state index contributed by atoms with van der Waals surface area (Å²) in [7, 11) is 0. The van der Waals surface area contributed by atoms with E-state index < -0.39 is 18.0 Å². The largest absolute Gasteiger partial charge is 0.508 e. The standard InChI is InChI=1S/C6H6O.C3H6O3.C2H4O2/c7-6-4-2-1-3-5-6;1-2(4)3(5)6;1-2(3)4/h1-5,7H;2,4H,1H3,(H,5,6);1H3,(H,3,4). The lowest BCUT2D eigenvalue weighted by Crippen LogP contribution is -2.13. The third-order valence-electron chi connectivity index (χ3n) is 1.11. The van der Waals surface area contributed by atoms with E-state index in [0.29, 0.717) is 5.75 Å². The topological polar surface area (TPSA) is 115 Å². The molecule has 0 bridgehead atoms. The summed E-state index contributed by atoms with van der Waals surface area (Å²) in [6, 6.07) is 8.71. The Labute approximate surface area is 98.8 Å². The maximum Gasteiger partial charge on any atom is 0.332 e. The van der Waals surface area contributed by atoms with E-state index in [1.165, 1.54) is 6.92 Å². The number of phenolic OH excluding ortho intramolecular Hbond substituents is 1. The zero-order chi connectivity index (χ0) is 13.8. The molecule has 1 aromatic rings. The highest BCUT2D eigenvalue weighted by molar-refractivity contribution is 5.71. The minimum absolute atomic E-state index is 0.322. The third kappa shape index (κ3) is 20.1. The number of carbonyl (C=O) groups is 2. The van der Waals surface area contributed by atoms with Crippen LogP contribution in [0.4, 0.5) is 0 Å². The summed E-state index contributed by atoms with van der Waals surface area (Å²) < 4.78 is 0. The van der Waals surface area contributed by atoms with E-state index in [2.05, 4.69) is 0 Å². The first-order valence-electron chi connectivity index (χ1n) is 4.61. The minimum atomic E-state index is -1.23. The van der Waals surface area contributed by atoms with E-state index in [4.69, 9.17) is 25.2 Å². The molecule has 17 heavy (non-hydrogen) atoms. The summed E-state index contributed by atoms with van der Waals surface area (Å²) in [6.45, 7) is 2.28. The molecule has 96 valence electrons. The first kappa shape index (κ1) is 17.3. The SMILES string of the molecule is CC(=O)O.CC(O)C(=O)O.Oc1ccccc1. The van der Waals surface area contributed by atoms with E-state index in [-0.39, 0.29) is 0 Å². The van der Waals surface area contributed by atoms with Crippen LogP contribution in [0.15, 0.2) is 30.3 Å². The predicted octanol–water partition coefficient (Wildman–Crippen LogP) is 0.935. The van der Waals surface area contributed by atoms with Crippen LogP contribution in [0.3, 0.4) is 0 Å². The number of aromatic hydroxyl groups is 1. The molecule has 0 saturated carbocycles. The molecule has 0 saturated heterocycles. The van der Waals surface area contributed by atoms with Gasteiger partial charge in [0, 0.05) is 6.92 Å². The van der Waals surface area contributed by atoms with Crippen molar-refractivity contribution in [3.63, 3.8) is 0 Å². The Morgan fingerprint density at radius 1 is 1.12 bits per heavy atom. The van der Waals surface area contributed by atoms with Crippen LogP contribution < -0.4 is 0 Å². The molecule has 0 radical (unpaired) electrons. The second-order valence-electron chi connectivity index (χ2n) is 2.87. The fraction of sp³-hybridized carbons (Fsp3) is 0.273. The second kappa shape index (κ2) is 10.4. The maximum atomic E-state index is 9.45. The fourth-order valence-electron chi connectivity index (χ4n) is 0.428. The van der Waals surface area contributed by atoms with Crippen molar-refractivity contribution in [3.05, 3.63) is 30.3 Å². The van der Waals surface area contributed by atoms with Crippen LogP contribution in [-0.2, 0) is 9.59 Å². The van der Waals surface area contributed by atoms with E-state index in [1.54, 1.807) is 24.3 Å². The van der Waals surface area contributed by atoms with Gasteiger partial charge in [-0.05, 0) is 19.1 Å². The highest BCUT2D eigenvalue weighted by Gasteiger charge is 2.01. The number of para-hydroxylation sites is 1. The molecule has 6 nitrogen and oxygen atoms in total. The highest BCUT2D eigenvalue weighted by Crippen LogP contribution is 2.02. The summed E-state index contributed by atoms with van der Waals surface area (Å²) in [4.78, 5) is 18.4. The average Bonchev–Trinajstić information content (AvgIpc) is 2.18. The lowest BCUT2D eigenvalue weighted by Gasteiger charge is -1.89. The molecule has 1 aromatic carbocycles. The predicted molar refractivity (Wildman–Crippen MR) is 60.7 cm³/mol. The van der Waals surface area contributed by atoms with Gasteiger partial charge in [-0.2, -0.15) is 0 Å². The van der Waals surface area contributed by atoms with E-state index >= 15 is 0 Å². The third-order valence-corrected chi connectivity index (χ3v) is 1.11. The molecule has 0 spiro atoms. The van der Waals surface area contributed by atoms with Gasteiger partial charge in [0.25, 0.3) is 5.97 Å². The zero-order valence-electron chi connectivity index (χ0n) is 9.57. The van der Waals surface area contributed by atoms with Gasteiger partial charge >= 0.3 is 5.97 Å². The van der Waals surface area contributed by atoms with Gasteiger partial charge < -0.3 is 20.4 Å². The van der Waals surface area contributed by atoms with Gasteiger partial charge in [-0.3, -0.25) is 4.79 Å². The lowest BCUT2D eigenvalue weighted by molar-refractivity contribution is -0.145. The molecule has 0 aromatic heterocycles. The van der Waals surface area contributed by atoms with Gasteiger partial charge in [-0.1, -0.05) is 18.2 Å². The number of hydrogen-bond acceptors (Lipinski definition) is 4. The number of benzene rings is 1. The number of aliphatic carboxylic acids is 2. The Morgan fingerprint density at radius 2 is 1.41 bits per heavy atom. The van der Waals surface area contributed by atoms with Crippen molar-refractivity contribution in [2.75, 3.05) is 0 Å². The molecular weight excluding hydrogens is 228 g/mol. The molecule has 1 atom stereocenters. The van der Waals surface area contributed by atoms with Gasteiger partial charge in [0.1, 0.15) is 11.9 Å². The Balaban J connectivity index is 0. The number of aliphatic hydroxyl groups excluding tert-OH is 1. The summed E-state index contributed by atoms with van der Waals surface area (Å²) in [6.07, 6.45) is -1.23. The van der Waals surface area contributed by atoms with Gasteiger partial charge in [-0.15, -0.1) is 0 Å². The normalized spacial score (nSPS) is 9.82. The quantitative estimate of drug-likeness (QED) is 0.584. The molecule has 0 aliphatic carbocycles. The highest BCUT2D eigenvalue weighted by atomic mass is 16.4. The molecule has 0 amide bonds. The van der Waals surface area contributed by atoms with Gasteiger partial charge in [0.2, 0.25) is 0 Å². The zero-order valence-corrected chi connectivity index (χ0v) is 9.57. The van der Waals surface area contributed by atoms with Crippen LogP contribution in [0.5, 0.6) is 5.75 Å². The van der Waals surface area contributed by atoms with Gasteiger partial charge in [0.15, 0.2) is 0 Å². The Kier molecular flexibility index (Phi) is 10.6. The van der Waals surface area contributed by atoms with Crippen molar-refractivity contribution in [2.45, 2.75) is 20.0 Å². The van der Waals surface area contributed by atoms with Crippen molar-refractivity contribution in [1.29, 1.82) is 0 Å². The molecule has 0 aliphatic heterocycles. The smallest absolute Gasteiger partial charge is 0.332 e. The molecule has 0 fully saturated rings. The van der Waals surface area contributed by atoms with Crippen molar-refractivity contribution >= 4 is 11.9 Å². The summed E-state index contributed by atoms with van der Waals surface area (Å²) in [5, 5.41) is 31.8. The van der Waals surface area contributed by atoms with Crippen molar-refractivity contribution < 1.29 is 30.0 Å². The molecule has 4 N–H and O–H groups in total. The first-order chi connectivity index (χ1) is 7.77. The lowest BCUT2D eigenvalue weighted by atomic mass is 10.3. The number of phenols is 1. The van der Waals surface area contributed by atoms with Crippen LogP contribution in [0, 0.1) is 0 Å². The number of carboxylic acids is 2. The number of rotatable bonds is 1. The van der Waals surface area contributed by atoms with Crippen LogP contribution in [0.2, 0.25) is 0 Å². The summed E-state index contributed by atoms with van der Waals surface area (Å²) in [5.74, 6) is -1.70. The minimum Gasteiger partial charge on any atom is -0.508 e. The van der Waals surface area contributed by atoms with Crippen LogP contribution in [0.25, 0.3) is 0 Å². The van der Waals surface area contributed by atoms with E-state index in [1.807, 2.05) is 6.07 Å². The number of hydrogen-bond donors (Lipinski definition) is 4. The molecule has 0 heterocycles. The number of aliphatic hydroxyl groups is 1. The Hall–Kier alpha value is -2.08. The molecular formula is C11H16O6. The van der Waals surface area contributed by atoms with Crippen LogP contribution in [-0.4, -0.2) is 38.5 Å². The van der Waals surface area contributed by atoms with Crippen LogP contribution in [0.1, 0.15) is 13.8 Å². The first-order valence-corrected chi connectivity index (χ1v) is 4.61. The molecule has 1 unspecified atom stereocenters. The second-order valence-corrected chi connectivity index (χ2v) is 2.87. The number of carboxylic acid groups (broad SMARTS) is 2. The van der Waals surface area contributed by atoms with E-state index in [0.717, 1.165) is 6.92 Å². The molecule has 1 rings (SSSR count). The average molecular weight is 244 g/mol. The van der Waals surface area contributed by atoms with Crippen molar-refractivity contribution in [2.24, 2.45) is 0 Å². The van der Waals surface area contributed by atoms with Gasteiger partial charge in [0.05, 0.1) is 0 Å². The fourth-order valence-corrected chi connectivity index (χ4v) is 0.428. The maximum absolute atomic E-state index is 9.45.